The van der Waals surface area contributed by atoms with Crippen LogP contribution in [0, 0.1) is 0 Å². The predicted molar refractivity (Wildman–Crippen MR) is 68.8 cm³/mol. The van der Waals surface area contributed by atoms with Gasteiger partial charge in [0.05, 0.1) is 4.75 Å². The van der Waals surface area contributed by atoms with Crippen LogP contribution in [0.5, 0.6) is 0 Å². The first-order valence-electron chi connectivity index (χ1n) is 5.92. The molecule has 2 rings (SSSR count). The molecule has 0 bridgehead atoms. The average molecular weight is 291 g/mol. The lowest BCUT2D eigenvalue weighted by molar-refractivity contribution is -0.168. The van der Waals surface area contributed by atoms with Gasteiger partial charge in [-0.05, 0) is 26.3 Å². The second kappa shape index (κ2) is 4.31. The van der Waals surface area contributed by atoms with Gasteiger partial charge in [-0.3, -0.25) is 0 Å². The van der Waals surface area contributed by atoms with E-state index in [1.54, 1.807) is 39.0 Å². The molecule has 1 aromatic carbocycles. The molecule has 0 N–H and O–H groups in total. The van der Waals surface area contributed by atoms with Crippen molar-refractivity contribution >= 4 is 11.0 Å². The highest BCUT2D eigenvalue weighted by atomic mass is 32.2. The summed E-state index contributed by atoms with van der Waals surface area (Å²) in [7, 11) is -1.68. The van der Waals surface area contributed by atoms with E-state index < -0.39 is 27.4 Å². The van der Waals surface area contributed by atoms with Crippen LogP contribution in [-0.4, -0.2) is 26.0 Å². The summed E-state index contributed by atoms with van der Waals surface area (Å²) in [6.07, 6.45) is -4.44. The molecule has 0 radical (unpaired) electrons. The Morgan fingerprint density at radius 1 is 1.16 bits per heavy atom. The van der Waals surface area contributed by atoms with Gasteiger partial charge in [0.25, 0.3) is 0 Å². The maximum absolute atomic E-state index is 13.4. The van der Waals surface area contributed by atoms with Crippen LogP contribution >= 0.6 is 0 Å². The second-order valence-corrected chi connectivity index (χ2v) is 7.79. The van der Waals surface area contributed by atoms with E-state index in [-0.39, 0.29) is 12.1 Å². The first-order chi connectivity index (χ1) is 8.61. The van der Waals surface area contributed by atoms with E-state index in [9.17, 15) is 17.4 Å². The number of benzene rings is 1. The molecule has 1 saturated heterocycles. The Labute approximate surface area is 113 Å². The van der Waals surface area contributed by atoms with Crippen molar-refractivity contribution in [3.8, 4) is 0 Å². The molecule has 0 aromatic heterocycles. The minimum absolute atomic E-state index is 0.153. The molecular weight excluding hydrogens is 275 g/mol. The maximum Gasteiger partial charge on any atom is 0.413 e. The maximum atomic E-state index is 13.4. The van der Waals surface area contributed by atoms with Gasteiger partial charge in [0, 0.05) is 6.54 Å². The first-order valence-corrected chi connectivity index (χ1v) is 7.03. The average Bonchev–Trinajstić information content (AvgIpc) is 3.03. The Bertz CT molecular complexity index is 495. The highest BCUT2D eigenvalue weighted by Crippen LogP contribution is 2.56. The van der Waals surface area contributed by atoms with Crippen LogP contribution in [0.25, 0.3) is 0 Å². The third kappa shape index (κ3) is 2.31. The van der Waals surface area contributed by atoms with Gasteiger partial charge in [-0.1, -0.05) is 30.3 Å². The van der Waals surface area contributed by atoms with Gasteiger partial charge in [-0.25, -0.2) is 8.51 Å². The van der Waals surface area contributed by atoms with E-state index >= 15 is 0 Å². The van der Waals surface area contributed by atoms with E-state index in [4.69, 9.17) is 0 Å². The molecule has 1 aromatic rings. The lowest BCUT2D eigenvalue weighted by atomic mass is 9.99. The standard InChI is InChI=1S/C13H16F3NOS/c1-11(2,3)19(18)17-9-12(17,13(14,15)16)10-7-5-4-6-8-10/h4-8H,9H2,1-3H3/t12-,17?,19?/m0/s1. The summed E-state index contributed by atoms with van der Waals surface area (Å²) >= 11 is 0. The molecule has 0 spiro atoms. The number of hydrogen-bond acceptors (Lipinski definition) is 1. The fraction of sp³-hybridized carbons (Fsp3) is 0.538. The molecule has 0 saturated carbocycles. The van der Waals surface area contributed by atoms with Crippen molar-refractivity contribution in [2.45, 2.75) is 37.2 Å². The van der Waals surface area contributed by atoms with Gasteiger partial charge in [0.15, 0.2) is 5.54 Å². The summed E-state index contributed by atoms with van der Waals surface area (Å²) in [6, 6.07) is 7.68. The quantitative estimate of drug-likeness (QED) is 0.766. The summed E-state index contributed by atoms with van der Waals surface area (Å²) in [5.41, 5.74) is -1.94. The smallest absolute Gasteiger partial charge is 0.242 e. The lowest BCUT2D eigenvalue weighted by Crippen LogP contribution is -2.38. The largest absolute Gasteiger partial charge is 0.413 e. The van der Waals surface area contributed by atoms with Crippen molar-refractivity contribution in [2.75, 3.05) is 6.54 Å². The van der Waals surface area contributed by atoms with Crippen LogP contribution in [0.1, 0.15) is 26.3 Å². The minimum Gasteiger partial charge on any atom is -0.242 e. The van der Waals surface area contributed by atoms with E-state index in [0.29, 0.717) is 0 Å². The van der Waals surface area contributed by atoms with Crippen LogP contribution in [0.15, 0.2) is 30.3 Å². The van der Waals surface area contributed by atoms with Crippen molar-refractivity contribution in [1.82, 2.24) is 4.31 Å². The third-order valence-corrected chi connectivity index (χ3v) is 5.03. The molecule has 106 valence electrons. The molecule has 1 aliphatic rings. The lowest BCUT2D eigenvalue weighted by Gasteiger charge is -2.25. The second-order valence-electron chi connectivity index (χ2n) is 5.62. The summed E-state index contributed by atoms with van der Waals surface area (Å²) in [4.78, 5) is 0. The number of alkyl halides is 3. The minimum atomic E-state index is -4.44. The molecule has 19 heavy (non-hydrogen) atoms. The van der Waals surface area contributed by atoms with Gasteiger partial charge in [-0.2, -0.15) is 13.2 Å². The molecule has 2 nitrogen and oxygen atoms in total. The molecule has 3 atom stereocenters. The van der Waals surface area contributed by atoms with Crippen LogP contribution < -0.4 is 0 Å². The molecular formula is C13H16F3NOS. The van der Waals surface area contributed by atoms with E-state index in [1.807, 2.05) is 0 Å². The zero-order chi connectivity index (χ0) is 14.5. The molecule has 1 aliphatic heterocycles. The zero-order valence-corrected chi connectivity index (χ0v) is 11.8. The molecule has 6 heteroatoms. The normalized spacial score (nSPS) is 29.1. The molecule has 1 heterocycles. The van der Waals surface area contributed by atoms with Gasteiger partial charge in [0.1, 0.15) is 11.0 Å². The van der Waals surface area contributed by atoms with Crippen molar-refractivity contribution in [3.63, 3.8) is 0 Å². The Morgan fingerprint density at radius 3 is 2.11 bits per heavy atom. The van der Waals surface area contributed by atoms with Crippen molar-refractivity contribution < 1.29 is 17.4 Å². The van der Waals surface area contributed by atoms with Gasteiger partial charge < -0.3 is 0 Å². The predicted octanol–water partition coefficient (Wildman–Crippen LogP) is 3.22. The summed E-state index contributed by atoms with van der Waals surface area (Å²) in [6.45, 7) is 4.78. The summed E-state index contributed by atoms with van der Waals surface area (Å²) in [5.74, 6) is 0. The Morgan fingerprint density at radius 2 is 1.68 bits per heavy atom. The fourth-order valence-electron chi connectivity index (χ4n) is 2.05. The van der Waals surface area contributed by atoms with E-state index in [1.165, 1.54) is 12.1 Å². The van der Waals surface area contributed by atoms with Gasteiger partial charge in [-0.15, -0.1) is 0 Å². The molecule has 0 amide bonds. The van der Waals surface area contributed by atoms with Crippen molar-refractivity contribution in [3.05, 3.63) is 35.9 Å². The SMILES string of the molecule is CC(C)(C)S(=O)N1C[C@]1(c1ccccc1)C(F)(F)F. The highest BCUT2D eigenvalue weighted by Gasteiger charge is 2.73. The Hall–Kier alpha value is -0.880. The third-order valence-electron chi connectivity index (χ3n) is 3.14. The van der Waals surface area contributed by atoms with Crippen LogP contribution in [0.4, 0.5) is 13.2 Å². The summed E-state index contributed by atoms with van der Waals surface area (Å²) < 4.78 is 52.7. The van der Waals surface area contributed by atoms with E-state index in [2.05, 4.69) is 0 Å². The van der Waals surface area contributed by atoms with E-state index in [0.717, 1.165) is 4.31 Å². The molecule has 1 fully saturated rings. The monoisotopic (exact) mass is 291 g/mol. The van der Waals surface area contributed by atoms with Gasteiger partial charge in [0.2, 0.25) is 0 Å². The van der Waals surface area contributed by atoms with Gasteiger partial charge >= 0.3 is 6.18 Å². The van der Waals surface area contributed by atoms with Crippen LogP contribution in [-0.2, 0) is 16.5 Å². The first kappa shape index (κ1) is 14.5. The number of rotatable bonds is 2. The van der Waals surface area contributed by atoms with Crippen LogP contribution in [0.2, 0.25) is 0 Å². The van der Waals surface area contributed by atoms with Crippen LogP contribution in [0.3, 0.4) is 0 Å². The Kier molecular flexibility index (Phi) is 3.30. The highest BCUT2D eigenvalue weighted by molar-refractivity contribution is 7.84. The molecule has 0 aliphatic carbocycles. The zero-order valence-electron chi connectivity index (χ0n) is 11.0. The molecule has 2 unspecified atom stereocenters. The fourth-order valence-corrected chi connectivity index (χ4v) is 3.50. The number of nitrogens with zero attached hydrogens (tertiary/aromatic N) is 1. The number of halogens is 3. The van der Waals surface area contributed by atoms with Crippen molar-refractivity contribution in [1.29, 1.82) is 0 Å². The topological polar surface area (TPSA) is 20.1 Å². The summed E-state index contributed by atoms with van der Waals surface area (Å²) in [5, 5.41) is 0. The Balaban J connectivity index is 2.41. The van der Waals surface area contributed by atoms with Crippen molar-refractivity contribution in [2.24, 2.45) is 0 Å². The number of hydrogen-bond donors (Lipinski definition) is 0.